The molecule has 0 aliphatic rings. The number of thioether (sulfide) groups is 1. The lowest BCUT2D eigenvalue weighted by Gasteiger charge is -2.08. The maximum Gasteiger partial charge on any atom is 0.274 e. The standard InChI is InChI=1S/C15H15N3O3S/c1-11-13(3-2-4-14(11)18(20)21)17-15(19)10-22-9-12-5-7-16-8-6-12/h2-8H,9-10H2,1H3,(H,17,19). The van der Waals surface area contributed by atoms with Crippen LogP contribution in [0, 0.1) is 17.0 Å². The Morgan fingerprint density at radius 3 is 2.73 bits per heavy atom. The summed E-state index contributed by atoms with van der Waals surface area (Å²) in [5.41, 5.74) is 2.03. The van der Waals surface area contributed by atoms with E-state index in [0.29, 0.717) is 17.0 Å². The van der Waals surface area contributed by atoms with E-state index in [4.69, 9.17) is 0 Å². The summed E-state index contributed by atoms with van der Waals surface area (Å²) in [4.78, 5) is 26.3. The van der Waals surface area contributed by atoms with Gasteiger partial charge < -0.3 is 5.32 Å². The molecule has 0 radical (unpaired) electrons. The molecule has 6 nitrogen and oxygen atoms in total. The second-order valence-corrected chi connectivity index (χ2v) is 5.59. The average molecular weight is 317 g/mol. The second-order valence-electron chi connectivity index (χ2n) is 4.60. The highest BCUT2D eigenvalue weighted by Gasteiger charge is 2.14. The number of nitrogens with zero attached hydrogens (tertiary/aromatic N) is 2. The van der Waals surface area contributed by atoms with Crippen molar-refractivity contribution in [3.05, 3.63) is 64.0 Å². The van der Waals surface area contributed by atoms with Crippen LogP contribution in [0.2, 0.25) is 0 Å². The first-order chi connectivity index (χ1) is 10.6. The molecule has 114 valence electrons. The fraction of sp³-hybridized carbons (Fsp3) is 0.200. The third-order valence-electron chi connectivity index (χ3n) is 3.03. The molecule has 0 unspecified atom stereocenters. The predicted molar refractivity (Wildman–Crippen MR) is 86.9 cm³/mol. The number of carbonyl (C=O) groups excluding carboxylic acids is 1. The summed E-state index contributed by atoms with van der Waals surface area (Å²) < 4.78 is 0. The molecule has 0 saturated heterocycles. The van der Waals surface area contributed by atoms with Gasteiger partial charge in [0, 0.05) is 24.2 Å². The van der Waals surface area contributed by atoms with Gasteiger partial charge in [-0.25, -0.2) is 0 Å². The first-order valence-corrected chi connectivity index (χ1v) is 7.74. The third-order valence-corrected chi connectivity index (χ3v) is 4.03. The highest BCUT2D eigenvalue weighted by molar-refractivity contribution is 7.99. The molecule has 0 atom stereocenters. The van der Waals surface area contributed by atoms with Crippen LogP contribution in [0.4, 0.5) is 11.4 Å². The summed E-state index contributed by atoms with van der Waals surface area (Å²) >= 11 is 1.48. The Morgan fingerprint density at radius 1 is 1.32 bits per heavy atom. The van der Waals surface area contributed by atoms with Crippen molar-refractivity contribution >= 4 is 29.0 Å². The molecule has 1 aromatic carbocycles. The Balaban J connectivity index is 1.90. The number of nitrogens with one attached hydrogen (secondary N) is 1. The van der Waals surface area contributed by atoms with Crippen molar-refractivity contribution < 1.29 is 9.72 Å². The Morgan fingerprint density at radius 2 is 2.05 bits per heavy atom. The molecule has 1 N–H and O–H groups in total. The molecule has 1 aromatic heterocycles. The van der Waals surface area contributed by atoms with Gasteiger partial charge in [-0.15, -0.1) is 11.8 Å². The molecule has 0 saturated carbocycles. The van der Waals surface area contributed by atoms with Gasteiger partial charge in [-0.05, 0) is 30.7 Å². The minimum atomic E-state index is -0.455. The Hall–Kier alpha value is -2.41. The van der Waals surface area contributed by atoms with Crippen LogP contribution >= 0.6 is 11.8 Å². The summed E-state index contributed by atoms with van der Waals surface area (Å²) in [6, 6.07) is 8.44. The van der Waals surface area contributed by atoms with Crippen LogP contribution in [-0.2, 0) is 10.5 Å². The second kappa shape index (κ2) is 7.56. The highest BCUT2D eigenvalue weighted by atomic mass is 32.2. The summed E-state index contributed by atoms with van der Waals surface area (Å²) in [7, 11) is 0. The number of rotatable bonds is 6. The molecule has 1 heterocycles. The molecular weight excluding hydrogens is 302 g/mol. The Kier molecular flexibility index (Phi) is 5.48. The summed E-state index contributed by atoms with van der Waals surface area (Å²) in [6.07, 6.45) is 3.42. The van der Waals surface area contributed by atoms with Gasteiger partial charge in [0.15, 0.2) is 0 Å². The average Bonchev–Trinajstić information content (AvgIpc) is 2.50. The van der Waals surface area contributed by atoms with Crippen LogP contribution in [-0.4, -0.2) is 21.6 Å². The van der Waals surface area contributed by atoms with E-state index in [9.17, 15) is 14.9 Å². The van der Waals surface area contributed by atoms with E-state index < -0.39 is 4.92 Å². The van der Waals surface area contributed by atoms with Gasteiger partial charge in [-0.3, -0.25) is 19.9 Å². The molecular formula is C15H15N3O3S. The monoisotopic (exact) mass is 317 g/mol. The molecule has 0 aliphatic heterocycles. The van der Waals surface area contributed by atoms with Crippen molar-refractivity contribution in [3.8, 4) is 0 Å². The maximum absolute atomic E-state index is 11.9. The van der Waals surface area contributed by atoms with E-state index in [0.717, 1.165) is 5.56 Å². The van der Waals surface area contributed by atoms with Crippen molar-refractivity contribution in [1.29, 1.82) is 0 Å². The number of benzene rings is 1. The number of carbonyl (C=O) groups is 1. The number of pyridine rings is 1. The number of aromatic nitrogens is 1. The topological polar surface area (TPSA) is 85.1 Å². The van der Waals surface area contributed by atoms with Gasteiger partial charge >= 0.3 is 0 Å². The number of hydrogen-bond acceptors (Lipinski definition) is 5. The predicted octanol–water partition coefficient (Wildman–Crippen LogP) is 3.17. The van der Waals surface area contributed by atoms with Crippen LogP contribution in [0.1, 0.15) is 11.1 Å². The number of anilines is 1. The van der Waals surface area contributed by atoms with E-state index in [1.807, 2.05) is 12.1 Å². The van der Waals surface area contributed by atoms with Gasteiger partial charge in [-0.1, -0.05) is 6.07 Å². The van der Waals surface area contributed by atoms with Gasteiger partial charge in [-0.2, -0.15) is 0 Å². The van der Waals surface area contributed by atoms with Crippen LogP contribution in [0.15, 0.2) is 42.7 Å². The number of amides is 1. The molecule has 0 spiro atoms. The van der Waals surface area contributed by atoms with E-state index in [-0.39, 0.29) is 17.3 Å². The van der Waals surface area contributed by atoms with Gasteiger partial charge in [0.05, 0.1) is 21.9 Å². The van der Waals surface area contributed by atoms with Gasteiger partial charge in [0.25, 0.3) is 5.69 Å². The summed E-state index contributed by atoms with van der Waals surface area (Å²) in [6.45, 7) is 1.62. The number of nitro groups is 1. The first-order valence-electron chi connectivity index (χ1n) is 6.58. The zero-order chi connectivity index (χ0) is 15.9. The van der Waals surface area contributed by atoms with Crippen LogP contribution in [0.3, 0.4) is 0 Å². The van der Waals surface area contributed by atoms with E-state index >= 15 is 0 Å². The molecule has 1 amide bonds. The van der Waals surface area contributed by atoms with Crippen LogP contribution < -0.4 is 5.32 Å². The Labute approximate surface area is 132 Å². The first kappa shape index (κ1) is 16.0. The largest absolute Gasteiger partial charge is 0.325 e. The SMILES string of the molecule is Cc1c(NC(=O)CSCc2ccncc2)cccc1[N+](=O)[O-]. The quantitative estimate of drug-likeness (QED) is 0.653. The lowest BCUT2D eigenvalue weighted by molar-refractivity contribution is -0.385. The number of hydrogen-bond donors (Lipinski definition) is 1. The molecule has 2 aromatic rings. The lowest BCUT2D eigenvalue weighted by Crippen LogP contribution is -2.15. The van der Waals surface area contributed by atoms with Crippen molar-refractivity contribution in [2.24, 2.45) is 0 Å². The van der Waals surface area contributed by atoms with Crippen LogP contribution in [0.5, 0.6) is 0 Å². The van der Waals surface area contributed by atoms with Crippen LogP contribution in [0.25, 0.3) is 0 Å². The maximum atomic E-state index is 11.9. The van der Waals surface area contributed by atoms with Crippen molar-refractivity contribution in [2.45, 2.75) is 12.7 Å². The minimum absolute atomic E-state index is 0.00207. The minimum Gasteiger partial charge on any atom is -0.325 e. The molecule has 0 fully saturated rings. The number of nitro benzene ring substituents is 1. The normalized spacial score (nSPS) is 10.2. The smallest absolute Gasteiger partial charge is 0.274 e. The van der Waals surface area contributed by atoms with Crippen molar-refractivity contribution in [3.63, 3.8) is 0 Å². The van der Waals surface area contributed by atoms with Gasteiger partial charge in [0.1, 0.15) is 0 Å². The molecule has 22 heavy (non-hydrogen) atoms. The van der Waals surface area contributed by atoms with E-state index in [1.54, 1.807) is 31.5 Å². The Bertz CT molecular complexity index is 677. The van der Waals surface area contributed by atoms with Crippen molar-refractivity contribution in [1.82, 2.24) is 4.98 Å². The van der Waals surface area contributed by atoms with E-state index in [2.05, 4.69) is 10.3 Å². The lowest BCUT2D eigenvalue weighted by atomic mass is 10.1. The highest BCUT2D eigenvalue weighted by Crippen LogP contribution is 2.25. The fourth-order valence-electron chi connectivity index (χ4n) is 1.88. The van der Waals surface area contributed by atoms with E-state index in [1.165, 1.54) is 17.8 Å². The van der Waals surface area contributed by atoms with Gasteiger partial charge in [0.2, 0.25) is 5.91 Å². The fourth-order valence-corrected chi connectivity index (χ4v) is 2.67. The molecule has 0 bridgehead atoms. The molecule has 2 rings (SSSR count). The zero-order valence-electron chi connectivity index (χ0n) is 12.0. The summed E-state index contributed by atoms with van der Waals surface area (Å²) in [5, 5.41) is 13.6. The van der Waals surface area contributed by atoms with Crippen molar-refractivity contribution in [2.75, 3.05) is 11.1 Å². The molecule has 0 aliphatic carbocycles. The third kappa shape index (κ3) is 4.29. The summed E-state index contributed by atoms with van der Waals surface area (Å²) in [5.74, 6) is 0.816. The molecule has 7 heteroatoms. The zero-order valence-corrected chi connectivity index (χ0v) is 12.8.